The number of allylic oxidation sites excluding steroid dienone is 10. The Labute approximate surface area is 558 Å². The molecule has 526 valence electrons. The summed E-state index contributed by atoms with van der Waals surface area (Å²) < 4.78 is 23.1. The number of carboxylic acids is 1. The van der Waals surface area contributed by atoms with Gasteiger partial charge < -0.3 is 28.5 Å². The molecule has 0 saturated carbocycles. The average molecular weight is 1270 g/mol. The fraction of sp³-hybridized carbons (Fsp3) is 0.840. The molecule has 2 unspecified atom stereocenters. The molecule has 0 aliphatic carbocycles. The van der Waals surface area contributed by atoms with Crippen molar-refractivity contribution in [1.29, 1.82) is 0 Å². The second-order valence-corrected chi connectivity index (χ2v) is 27.7. The SMILES string of the molecule is CC/C=C\C/C=C\C/C=C\C/C=C\C/C=C\CCCCCCCCCCCCCCCCCCCCCCCC(=O)OC(COC(=O)CCCCCCCCCCCCCCCCCCCCCCCCCCCCCC)COC(OCC[N+](C)(C)C)C(=O)O. The highest BCUT2D eigenvalue weighted by Crippen LogP contribution is 2.20. The maximum absolute atomic E-state index is 13.0. The van der Waals surface area contributed by atoms with E-state index in [2.05, 4.69) is 74.6 Å². The third-order valence-corrected chi connectivity index (χ3v) is 17.5. The molecule has 0 aliphatic heterocycles. The third kappa shape index (κ3) is 72.4. The van der Waals surface area contributed by atoms with E-state index in [0.29, 0.717) is 17.4 Å². The summed E-state index contributed by atoms with van der Waals surface area (Å²) >= 11 is 0. The first-order valence-electron chi connectivity index (χ1n) is 39.0. The van der Waals surface area contributed by atoms with Crippen LogP contribution in [0.25, 0.3) is 0 Å². The number of carbonyl (C=O) groups is 3. The number of unbranched alkanes of at least 4 members (excludes halogenated alkanes) is 48. The number of quaternary nitrogens is 1. The number of aliphatic carboxylic acids is 1. The van der Waals surface area contributed by atoms with Crippen LogP contribution in [0.2, 0.25) is 0 Å². The molecule has 2 atom stereocenters. The van der Waals surface area contributed by atoms with Gasteiger partial charge in [0.05, 0.1) is 34.4 Å². The first-order valence-corrected chi connectivity index (χ1v) is 39.0. The van der Waals surface area contributed by atoms with Crippen molar-refractivity contribution >= 4 is 17.9 Å². The van der Waals surface area contributed by atoms with Gasteiger partial charge in [0.25, 0.3) is 6.29 Å². The molecule has 9 nitrogen and oxygen atoms in total. The molecule has 0 spiro atoms. The van der Waals surface area contributed by atoms with E-state index >= 15 is 0 Å². The van der Waals surface area contributed by atoms with Crippen molar-refractivity contribution in [2.45, 2.75) is 392 Å². The first kappa shape index (κ1) is 87.0. The molecular weight excluding hydrogens is 1110 g/mol. The normalized spacial score (nSPS) is 12.9. The highest BCUT2D eigenvalue weighted by Gasteiger charge is 2.25. The average Bonchev–Trinajstić information content (AvgIpc) is 3.74. The van der Waals surface area contributed by atoms with Crippen LogP contribution >= 0.6 is 0 Å². The number of carboxylic acid groups (broad SMARTS) is 1. The van der Waals surface area contributed by atoms with Gasteiger partial charge >= 0.3 is 17.9 Å². The van der Waals surface area contributed by atoms with E-state index in [0.717, 1.165) is 70.6 Å². The molecule has 0 aromatic heterocycles. The zero-order valence-electron chi connectivity index (χ0n) is 60.3. The number of likely N-dealkylation sites (N-methyl/N-ethyl adjacent to an activating group) is 1. The van der Waals surface area contributed by atoms with Crippen LogP contribution in [0.1, 0.15) is 380 Å². The lowest BCUT2D eigenvalue weighted by Crippen LogP contribution is -2.40. The second-order valence-electron chi connectivity index (χ2n) is 27.7. The Bertz CT molecular complexity index is 1660. The van der Waals surface area contributed by atoms with Crippen molar-refractivity contribution in [2.75, 3.05) is 47.5 Å². The van der Waals surface area contributed by atoms with Gasteiger partial charge in [0.15, 0.2) is 6.10 Å². The number of hydrogen-bond donors (Lipinski definition) is 1. The Morgan fingerprint density at radius 1 is 0.344 bits per heavy atom. The van der Waals surface area contributed by atoms with Crippen LogP contribution in [0.15, 0.2) is 60.8 Å². The maximum atomic E-state index is 13.0. The van der Waals surface area contributed by atoms with Gasteiger partial charge in [0.2, 0.25) is 0 Å². The van der Waals surface area contributed by atoms with Crippen molar-refractivity contribution in [1.82, 2.24) is 0 Å². The summed E-state index contributed by atoms with van der Waals surface area (Å²) in [6, 6.07) is 0. The molecule has 0 aromatic carbocycles. The highest BCUT2D eigenvalue weighted by atomic mass is 16.7. The molecule has 90 heavy (non-hydrogen) atoms. The molecular formula is C81H150NO8+. The number of esters is 2. The minimum absolute atomic E-state index is 0.176. The second kappa shape index (κ2) is 71.8. The number of ether oxygens (including phenoxy) is 4. The Morgan fingerprint density at radius 3 is 0.944 bits per heavy atom. The van der Waals surface area contributed by atoms with Crippen LogP contribution in [0.3, 0.4) is 0 Å². The van der Waals surface area contributed by atoms with Crippen LogP contribution in [0, 0.1) is 0 Å². The number of rotatable bonds is 73. The van der Waals surface area contributed by atoms with E-state index in [1.54, 1.807) is 0 Å². The fourth-order valence-electron chi connectivity index (χ4n) is 11.6. The summed E-state index contributed by atoms with van der Waals surface area (Å²) in [6.45, 7) is 4.84. The largest absolute Gasteiger partial charge is 0.477 e. The molecule has 1 N–H and O–H groups in total. The first-order chi connectivity index (χ1) is 44.1. The van der Waals surface area contributed by atoms with Crippen LogP contribution in [0.5, 0.6) is 0 Å². The van der Waals surface area contributed by atoms with Crippen molar-refractivity contribution in [3.05, 3.63) is 60.8 Å². The highest BCUT2D eigenvalue weighted by molar-refractivity contribution is 5.71. The molecule has 0 rings (SSSR count). The number of nitrogens with zero attached hydrogens (tertiary/aromatic N) is 1. The summed E-state index contributed by atoms with van der Waals surface area (Å²) in [6.07, 6.45) is 92.3. The van der Waals surface area contributed by atoms with Gasteiger partial charge in [-0.3, -0.25) is 9.59 Å². The summed E-state index contributed by atoms with van der Waals surface area (Å²) in [7, 11) is 6.00. The quantitative estimate of drug-likeness (QED) is 0.0211. The predicted octanol–water partition coefficient (Wildman–Crippen LogP) is 24.6. The molecule has 0 radical (unpaired) electrons. The van der Waals surface area contributed by atoms with Crippen molar-refractivity contribution in [3.8, 4) is 0 Å². The summed E-state index contributed by atoms with van der Waals surface area (Å²) in [5.41, 5.74) is 0. The van der Waals surface area contributed by atoms with Crippen LogP contribution in [-0.4, -0.2) is 87.4 Å². The number of hydrogen-bond acceptors (Lipinski definition) is 7. The molecule has 0 heterocycles. The molecule has 0 amide bonds. The summed E-state index contributed by atoms with van der Waals surface area (Å²) in [4.78, 5) is 37.7. The molecule has 0 saturated heterocycles. The van der Waals surface area contributed by atoms with Crippen molar-refractivity contribution in [3.63, 3.8) is 0 Å². The maximum Gasteiger partial charge on any atom is 0.361 e. The molecule has 0 aliphatic rings. The van der Waals surface area contributed by atoms with Gasteiger partial charge in [-0.05, 0) is 57.8 Å². The fourth-order valence-corrected chi connectivity index (χ4v) is 11.6. The zero-order chi connectivity index (χ0) is 65.4. The zero-order valence-corrected chi connectivity index (χ0v) is 60.3. The van der Waals surface area contributed by atoms with Gasteiger partial charge in [-0.2, -0.15) is 0 Å². The lowest BCUT2D eigenvalue weighted by molar-refractivity contribution is -0.870. The molecule has 9 heteroatoms. The van der Waals surface area contributed by atoms with E-state index in [9.17, 15) is 19.5 Å². The third-order valence-electron chi connectivity index (χ3n) is 17.5. The summed E-state index contributed by atoms with van der Waals surface area (Å²) in [5.74, 6) is -1.97. The van der Waals surface area contributed by atoms with Crippen molar-refractivity contribution < 1.29 is 42.9 Å². The summed E-state index contributed by atoms with van der Waals surface area (Å²) in [5, 5.41) is 9.77. The van der Waals surface area contributed by atoms with Crippen molar-refractivity contribution in [2.24, 2.45) is 0 Å². The monoisotopic (exact) mass is 1270 g/mol. The predicted molar refractivity (Wildman–Crippen MR) is 387 cm³/mol. The van der Waals surface area contributed by atoms with Gasteiger partial charge in [0.1, 0.15) is 13.2 Å². The van der Waals surface area contributed by atoms with E-state index in [1.165, 1.54) is 283 Å². The van der Waals surface area contributed by atoms with Crippen LogP contribution < -0.4 is 0 Å². The topological polar surface area (TPSA) is 108 Å². The van der Waals surface area contributed by atoms with Gasteiger partial charge in [0, 0.05) is 12.8 Å². The Morgan fingerprint density at radius 2 is 0.633 bits per heavy atom. The van der Waals surface area contributed by atoms with E-state index < -0.39 is 18.4 Å². The smallest absolute Gasteiger partial charge is 0.361 e. The standard InChI is InChI=1S/C81H149NO8/c1-6-8-10-12-14-16-18-20-22-24-26-28-30-32-34-36-37-38-39-40-41-42-43-44-46-48-50-52-54-56-58-60-62-64-66-68-70-72-79(84)90-77(76-89-81(80(85)86)87-74-73-82(3,4)5)75-88-78(83)71-69-67-65-63-61-59-57-55-53-51-49-47-45-35-33-31-29-27-25-23-21-19-17-15-13-11-9-7-2/h8,10,14,16,20,22,26,28,32,34,77,81H,6-7,9,11-13,15,17-19,21,23-25,27,29-31,33,35-76H2,1-5H3/p+1/b10-8-,16-14-,22-20-,28-26-,34-32-. The van der Waals surface area contributed by atoms with Crippen LogP contribution in [0.4, 0.5) is 0 Å². The number of carbonyl (C=O) groups excluding carboxylic acids is 2. The Hall–Kier alpha value is -3.01. The Kier molecular flexibility index (Phi) is 69.4. The van der Waals surface area contributed by atoms with E-state index in [-0.39, 0.29) is 38.2 Å². The molecule has 0 fully saturated rings. The molecule has 0 bridgehead atoms. The van der Waals surface area contributed by atoms with E-state index in [4.69, 9.17) is 18.9 Å². The van der Waals surface area contributed by atoms with Gasteiger partial charge in [-0.1, -0.05) is 370 Å². The van der Waals surface area contributed by atoms with Gasteiger partial charge in [-0.25, -0.2) is 4.79 Å². The van der Waals surface area contributed by atoms with Gasteiger partial charge in [-0.15, -0.1) is 0 Å². The minimum Gasteiger partial charge on any atom is -0.477 e. The Balaban J connectivity index is 3.99. The van der Waals surface area contributed by atoms with E-state index in [1.807, 2.05) is 21.1 Å². The van der Waals surface area contributed by atoms with Crippen LogP contribution in [-0.2, 0) is 33.3 Å². The molecule has 0 aromatic rings. The minimum atomic E-state index is -1.51. The lowest BCUT2D eigenvalue weighted by atomic mass is 10.0. The lowest BCUT2D eigenvalue weighted by Gasteiger charge is -2.25.